The van der Waals surface area contributed by atoms with E-state index in [1.165, 1.54) is 0 Å². The maximum absolute atomic E-state index is 11.6. The summed E-state index contributed by atoms with van der Waals surface area (Å²) in [5.41, 5.74) is 0.887. The molecule has 0 aromatic heterocycles. The fourth-order valence-electron chi connectivity index (χ4n) is 1.38. The van der Waals surface area contributed by atoms with Crippen molar-refractivity contribution in [2.45, 2.75) is 33.6 Å². The largest absolute Gasteiger partial charge is 0.465 e. The molecular formula is C15H20O4. The zero-order valence-electron chi connectivity index (χ0n) is 11.6. The highest BCUT2D eigenvalue weighted by Crippen LogP contribution is 2.17. The van der Waals surface area contributed by atoms with Crippen LogP contribution in [0, 0.1) is 12.8 Å². The summed E-state index contributed by atoms with van der Waals surface area (Å²) in [5.74, 6) is 0.0390. The van der Waals surface area contributed by atoms with Crippen molar-refractivity contribution in [3.8, 4) is 5.75 Å². The van der Waals surface area contributed by atoms with E-state index in [-0.39, 0.29) is 18.8 Å². The van der Waals surface area contributed by atoms with Gasteiger partial charge in [0.1, 0.15) is 5.75 Å². The van der Waals surface area contributed by atoms with Crippen LogP contribution in [0.4, 0.5) is 0 Å². The van der Waals surface area contributed by atoms with E-state index >= 15 is 0 Å². The number of carbonyl (C=O) groups is 2. The number of ether oxygens (including phenoxy) is 2. The molecule has 0 aliphatic rings. The number of carbonyl (C=O) groups excluding carboxylic acids is 2. The summed E-state index contributed by atoms with van der Waals surface area (Å²) >= 11 is 0. The quantitative estimate of drug-likeness (QED) is 0.585. The SMILES string of the molecule is Cc1ccccc1OC(=O)CCC(=O)OCC(C)C. The minimum absolute atomic E-state index is 0.0330. The van der Waals surface area contributed by atoms with Crippen LogP contribution in [-0.4, -0.2) is 18.5 Å². The second-order valence-corrected chi connectivity index (χ2v) is 4.82. The molecule has 4 nitrogen and oxygen atoms in total. The second kappa shape index (κ2) is 7.56. The molecule has 0 aliphatic carbocycles. The summed E-state index contributed by atoms with van der Waals surface area (Å²) in [7, 11) is 0. The Labute approximate surface area is 113 Å². The van der Waals surface area contributed by atoms with Gasteiger partial charge in [-0.1, -0.05) is 32.0 Å². The van der Waals surface area contributed by atoms with Crippen LogP contribution in [0.2, 0.25) is 0 Å². The second-order valence-electron chi connectivity index (χ2n) is 4.82. The van der Waals surface area contributed by atoms with E-state index in [9.17, 15) is 9.59 Å². The summed E-state index contributed by atoms with van der Waals surface area (Å²) in [6.45, 7) is 6.16. The topological polar surface area (TPSA) is 52.6 Å². The van der Waals surface area contributed by atoms with Gasteiger partial charge in [0.15, 0.2) is 0 Å². The molecule has 0 aliphatic heterocycles. The summed E-state index contributed by atoms with van der Waals surface area (Å²) < 4.78 is 10.2. The van der Waals surface area contributed by atoms with E-state index in [1.807, 2.05) is 32.9 Å². The molecule has 0 saturated heterocycles. The van der Waals surface area contributed by atoms with Crippen LogP contribution in [-0.2, 0) is 14.3 Å². The van der Waals surface area contributed by atoms with Gasteiger partial charge < -0.3 is 9.47 Å². The van der Waals surface area contributed by atoms with Gasteiger partial charge in [-0.05, 0) is 24.5 Å². The number of rotatable bonds is 6. The molecule has 0 amide bonds. The van der Waals surface area contributed by atoms with Gasteiger partial charge in [-0.2, -0.15) is 0 Å². The van der Waals surface area contributed by atoms with Crippen molar-refractivity contribution in [2.75, 3.05) is 6.61 Å². The summed E-state index contributed by atoms with van der Waals surface area (Å²) in [6, 6.07) is 7.26. The Bertz CT molecular complexity index is 438. The van der Waals surface area contributed by atoms with Gasteiger partial charge in [0, 0.05) is 0 Å². The molecule has 0 N–H and O–H groups in total. The Morgan fingerprint density at radius 2 is 1.74 bits per heavy atom. The van der Waals surface area contributed by atoms with Crippen LogP contribution >= 0.6 is 0 Å². The number of para-hydroxylation sites is 1. The van der Waals surface area contributed by atoms with Crippen molar-refractivity contribution < 1.29 is 19.1 Å². The van der Waals surface area contributed by atoms with Crippen molar-refractivity contribution in [2.24, 2.45) is 5.92 Å². The number of hydrogen-bond donors (Lipinski definition) is 0. The van der Waals surface area contributed by atoms with Crippen molar-refractivity contribution in [1.82, 2.24) is 0 Å². The molecule has 1 rings (SSSR count). The average Bonchev–Trinajstić information content (AvgIpc) is 2.36. The van der Waals surface area contributed by atoms with Crippen LogP contribution in [0.5, 0.6) is 5.75 Å². The number of aryl methyl sites for hydroxylation is 1. The first kappa shape index (κ1) is 15.2. The Kier molecular flexibility index (Phi) is 6.06. The Hall–Kier alpha value is -1.84. The van der Waals surface area contributed by atoms with Crippen LogP contribution in [0.15, 0.2) is 24.3 Å². The maximum Gasteiger partial charge on any atom is 0.311 e. The fraction of sp³-hybridized carbons (Fsp3) is 0.467. The summed E-state index contributed by atoms with van der Waals surface area (Å²) in [5, 5.41) is 0. The van der Waals surface area contributed by atoms with Crippen molar-refractivity contribution in [3.05, 3.63) is 29.8 Å². The fourth-order valence-corrected chi connectivity index (χ4v) is 1.38. The van der Waals surface area contributed by atoms with E-state index < -0.39 is 5.97 Å². The smallest absolute Gasteiger partial charge is 0.311 e. The van der Waals surface area contributed by atoms with Gasteiger partial charge in [0.2, 0.25) is 0 Å². The predicted octanol–water partition coefficient (Wildman–Crippen LogP) is 2.88. The minimum Gasteiger partial charge on any atom is -0.465 e. The van der Waals surface area contributed by atoms with E-state index in [2.05, 4.69) is 0 Å². The zero-order valence-corrected chi connectivity index (χ0v) is 11.6. The summed E-state index contributed by atoms with van der Waals surface area (Å²) in [4.78, 5) is 22.9. The molecule has 1 aromatic carbocycles. The Balaban J connectivity index is 2.32. The molecule has 19 heavy (non-hydrogen) atoms. The normalized spacial score (nSPS) is 10.3. The lowest BCUT2D eigenvalue weighted by atomic mass is 10.2. The van der Waals surface area contributed by atoms with Crippen LogP contribution < -0.4 is 4.74 Å². The van der Waals surface area contributed by atoms with E-state index in [4.69, 9.17) is 9.47 Å². The zero-order chi connectivity index (χ0) is 14.3. The molecule has 104 valence electrons. The molecule has 0 spiro atoms. The highest BCUT2D eigenvalue weighted by molar-refractivity contribution is 5.79. The van der Waals surface area contributed by atoms with Crippen molar-refractivity contribution in [1.29, 1.82) is 0 Å². The third-order valence-corrected chi connectivity index (χ3v) is 2.43. The number of benzene rings is 1. The predicted molar refractivity (Wildman–Crippen MR) is 71.8 cm³/mol. The lowest BCUT2D eigenvalue weighted by Crippen LogP contribution is -2.14. The van der Waals surface area contributed by atoms with E-state index in [1.54, 1.807) is 12.1 Å². The molecule has 0 bridgehead atoms. The molecule has 0 atom stereocenters. The third kappa shape index (κ3) is 6.04. The lowest BCUT2D eigenvalue weighted by molar-refractivity contribution is -0.147. The Morgan fingerprint density at radius 1 is 1.11 bits per heavy atom. The molecule has 0 fully saturated rings. The van der Waals surface area contributed by atoms with Crippen molar-refractivity contribution >= 4 is 11.9 Å². The highest BCUT2D eigenvalue weighted by atomic mass is 16.5. The van der Waals surface area contributed by atoms with Crippen LogP contribution in [0.25, 0.3) is 0 Å². The van der Waals surface area contributed by atoms with E-state index in [0.29, 0.717) is 18.3 Å². The van der Waals surface area contributed by atoms with Gasteiger partial charge in [-0.25, -0.2) is 0 Å². The minimum atomic E-state index is -0.421. The first-order valence-electron chi connectivity index (χ1n) is 6.41. The van der Waals surface area contributed by atoms with Gasteiger partial charge >= 0.3 is 11.9 Å². The first-order valence-corrected chi connectivity index (χ1v) is 6.41. The molecule has 0 saturated carbocycles. The molecule has 4 heteroatoms. The molecule has 1 aromatic rings. The molecule has 0 radical (unpaired) electrons. The average molecular weight is 264 g/mol. The third-order valence-electron chi connectivity index (χ3n) is 2.43. The monoisotopic (exact) mass is 264 g/mol. The van der Waals surface area contributed by atoms with Gasteiger partial charge in [0.05, 0.1) is 19.4 Å². The molecular weight excluding hydrogens is 244 g/mol. The van der Waals surface area contributed by atoms with E-state index in [0.717, 1.165) is 5.56 Å². The highest BCUT2D eigenvalue weighted by Gasteiger charge is 2.11. The number of hydrogen-bond acceptors (Lipinski definition) is 4. The maximum atomic E-state index is 11.6. The summed E-state index contributed by atoms with van der Waals surface area (Å²) in [6.07, 6.45) is 0.0860. The van der Waals surface area contributed by atoms with Gasteiger partial charge in [-0.3, -0.25) is 9.59 Å². The van der Waals surface area contributed by atoms with Gasteiger partial charge in [0.25, 0.3) is 0 Å². The molecule has 0 unspecified atom stereocenters. The number of esters is 2. The first-order chi connectivity index (χ1) is 8.99. The van der Waals surface area contributed by atoms with Crippen LogP contribution in [0.1, 0.15) is 32.3 Å². The lowest BCUT2D eigenvalue weighted by Gasteiger charge is -2.08. The molecule has 0 heterocycles. The standard InChI is InChI=1S/C15H20O4/c1-11(2)10-18-14(16)8-9-15(17)19-13-7-5-4-6-12(13)3/h4-7,11H,8-10H2,1-3H3. The van der Waals surface area contributed by atoms with Crippen LogP contribution in [0.3, 0.4) is 0 Å². The Morgan fingerprint density at radius 3 is 2.37 bits per heavy atom. The van der Waals surface area contributed by atoms with Crippen molar-refractivity contribution in [3.63, 3.8) is 0 Å². The van der Waals surface area contributed by atoms with Gasteiger partial charge in [-0.15, -0.1) is 0 Å².